The summed E-state index contributed by atoms with van der Waals surface area (Å²) in [5.74, 6) is -0.375. The van der Waals surface area contributed by atoms with Crippen LogP contribution in [0.5, 0.6) is 0 Å². The fourth-order valence-corrected chi connectivity index (χ4v) is 4.61. The largest absolute Gasteiger partial charge is 0.347 e. The number of nitrogens with zero attached hydrogens (tertiary/aromatic N) is 3. The fraction of sp³-hybridized carbons (Fsp3) is 0.438. The molecule has 0 radical (unpaired) electrons. The van der Waals surface area contributed by atoms with Crippen LogP contribution in [0, 0.1) is 18.7 Å². The van der Waals surface area contributed by atoms with Crippen molar-refractivity contribution in [2.45, 2.75) is 31.2 Å². The first-order chi connectivity index (χ1) is 12.8. The summed E-state index contributed by atoms with van der Waals surface area (Å²) < 4.78 is 44.8. The summed E-state index contributed by atoms with van der Waals surface area (Å²) in [5.41, 5.74) is 0. The van der Waals surface area contributed by atoms with Gasteiger partial charge in [0, 0.05) is 19.0 Å². The molecule has 1 fully saturated rings. The standard InChI is InChI=1S/C16H18ClFN4O4S/c1-10-20-15(26-21-10)9-19-16(23)11-4-6-22(7-5-11)27(24,25)12-2-3-14(18)13(17)8-12/h2-3,8,11H,4-7,9H2,1H3,(H,19,23). The lowest BCUT2D eigenvalue weighted by Gasteiger charge is -2.30. The van der Waals surface area contributed by atoms with Crippen LogP contribution in [-0.2, 0) is 21.4 Å². The summed E-state index contributed by atoms with van der Waals surface area (Å²) in [5, 5.41) is 6.11. The average molecular weight is 417 g/mol. The molecule has 1 saturated heterocycles. The van der Waals surface area contributed by atoms with Crippen LogP contribution < -0.4 is 5.32 Å². The Morgan fingerprint density at radius 1 is 1.41 bits per heavy atom. The van der Waals surface area contributed by atoms with Gasteiger partial charge in [0.25, 0.3) is 0 Å². The number of nitrogens with one attached hydrogen (secondary N) is 1. The lowest BCUT2D eigenvalue weighted by Crippen LogP contribution is -2.42. The first-order valence-corrected chi connectivity index (χ1v) is 10.1. The van der Waals surface area contributed by atoms with E-state index in [2.05, 4.69) is 15.5 Å². The predicted octanol–water partition coefficient (Wildman–Crippen LogP) is 1.89. The molecular formula is C16H18ClFN4O4S. The molecule has 0 atom stereocenters. The zero-order chi connectivity index (χ0) is 19.6. The number of carbonyl (C=O) groups is 1. The fourth-order valence-electron chi connectivity index (χ4n) is 2.86. The summed E-state index contributed by atoms with van der Waals surface area (Å²) in [4.78, 5) is 16.2. The Hall–Kier alpha value is -2.04. The van der Waals surface area contributed by atoms with Gasteiger partial charge < -0.3 is 9.84 Å². The maximum absolute atomic E-state index is 13.3. The molecule has 2 heterocycles. The molecule has 1 N–H and O–H groups in total. The van der Waals surface area contributed by atoms with Gasteiger partial charge in [-0.05, 0) is 38.0 Å². The predicted molar refractivity (Wildman–Crippen MR) is 93.8 cm³/mol. The molecule has 1 aliphatic rings. The van der Waals surface area contributed by atoms with Gasteiger partial charge in [0.2, 0.25) is 21.8 Å². The third-order valence-electron chi connectivity index (χ3n) is 4.34. The van der Waals surface area contributed by atoms with Crippen molar-refractivity contribution in [1.29, 1.82) is 0 Å². The Morgan fingerprint density at radius 2 is 2.11 bits per heavy atom. The van der Waals surface area contributed by atoms with E-state index in [1.165, 1.54) is 10.4 Å². The van der Waals surface area contributed by atoms with Crippen LogP contribution >= 0.6 is 11.6 Å². The monoisotopic (exact) mass is 416 g/mol. The average Bonchev–Trinajstić information content (AvgIpc) is 3.07. The molecule has 0 unspecified atom stereocenters. The highest BCUT2D eigenvalue weighted by molar-refractivity contribution is 7.89. The molecule has 0 bridgehead atoms. The molecule has 2 aromatic rings. The zero-order valence-electron chi connectivity index (χ0n) is 14.5. The number of piperidine rings is 1. The van der Waals surface area contributed by atoms with E-state index in [9.17, 15) is 17.6 Å². The number of sulfonamides is 1. The van der Waals surface area contributed by atoms with Crippen molar-refractivity contribution in [3.05, 3.63) is 40.8 Å². The van der Waals surface area contributed by atoms with Crippen LogP contribution in [0.15, 0.2) is 27.6 Å². The van der Waals surface area contributed by atoms with Crippen LogP contribution in [0.3, 0.4) is 0 Å². The molecule has 1 aromatic carbocycles. The number of amides is 1. The smallest absolute Gasteiger partial charge is 0.246 e. The lowest BCUT2D eigenvalue weighted by atomic mass is 9.97. The summed E-state index contributed by atoms with van der Waals surface area (Å²) in [6.07, 6.45) is 0.756. The highest BCUT2D eigenvalue weighted by Crippen LogP contribution is 2.26. The maximum Gasteiger partial charge on any atom is 0.246 e. The summed E-state index contributed by atoms with van der Waals surface area (Å²) in [6.45, 7) is 2.19. The maximum atomic E-state index is 13.3. The minimum atomic E-state index is -3.79. The third-order valence-corrected chi connectivity index (χ3v) is 6.52. The molecule has 11 heteroatoms. The van der Waals surface area contributed by atoms with E-state index in [4.69, 9.17) is 16.1 Å². The normalized spacial score (nSPS) is 16.4. The minimum Gasteiger partial charge on any atom is -0.347 e. The number of carbonyl (C=O) groups excluding carboxylic acids is 1. The van der Waals surface area contributed by atoms with Crippen molar-refractivity contribution in [1.82, 2.24) is 19.8 Å². The zero-order valence-corrected chi connectivity index (χ0v) is 16.1. The van der Waals surface area contributed by atoms with E-state index in [0.717, 1.165) is 12.1 Å². The Morgan fingerprint density at radius 3 is 2.70 bits per heavy atom. The number of benzene rings is 1. The van der Waals surface area contributed by atoms with E-state index in [0.29, 0.717) is 24.6 Å². The Bertz CT molecular complexity index is 942. The molecular weight excluding hydrogens is 399 g/mol. The van der Waals surface area contributed by atoms with Gasteiger partial charge in [-0.15, -0.1) is 0 Å². The molecule has 146 valence electrons. The lowest BCUT2D eigenvalue weighted by molar-refractivity contribution is -0.126. The van der Waals surface area contributed by atoms with E-state index in [1.807, 2.05) is 0 Å². The molecule has 3 rings (SSSR count). The number of hydrogen-bond acceptors (Lipinski definition) is 6. The van der Waals surface area contributed by atoms with Crippen LogP contribution in [0.4, 0.5) is 4.39 Å². The highest BCUT2D eigenvalue weighted by atomic mass is 35.5. The third kappa shape index (κ3) is 4.45. The van der Waals surface area contributed by atoms with E-state index < -0.39 is 15.8 Å². The van der Waals surface area contributed by atoms with E-state index in [1.54, 1.807) is 6.92 Å². The quantitative estimate of drug-likeness (QED) is 0.797. The van der Waals surface area contributed by atoms with Crippen LogP contribution in [-0.4, -0.2) is 41.9 Å². The molecule has 0 aliphatic carbocycles. The van der Waals surface area contributed by atoms with Crippen molar-refractivity contribution in [2.75, 3.05) is 13.1 Å². The van der Waals surface area contributed by atoms with Gasteiger partial charge in [-0.2, -0.15) is 9.29 Å². The molecule has 1 amide bonds. The molecule has 1 aromatic heterocycles. The molecule has 1 aliphatic heterocycles. The van der Waals surface area contributed by atoms with Crippen LogP contribution in [0.1, 0.15) is 24.6 Å². The van der Waals surface area contributed by atoms with Crippen LogP contribution in [0.2, 0.25) is 5.02 Å². The topological polar surface area (TPSA) is 105 Å². The van der Waals surface area contributed by atoms with Crippen LogP contribution in [0.25, 0.3) is 0 Å². The van der Waals surface area contributed by atoms with Gasteiger partial charge >= 0.3 is 0 Å². The summed E-state index contributed by atoms with van der Waals surface area (Å²) in [6, 6.07) is 3.30. The Balaban J connectivity index is 1.57. The van der Waals surface area contributed by atoms with Crippen molar-refractivity contribution >= 4 is 27.5 Å². The minimum absolute atomic E-state index is 0.0661. The van der Waals surface area contributed by atoms with Gasteiger partial charge in [0.05, 0.1) is 16.5 Å². The van der Waals surface area contributed by atoms with Crippen molar-refractivity contribution in [2.24, 2.45) is 5.92 Å². The van der Waals surface area contributed by atoms with Gasteiger partial charge in [-0.25, -0.2) is 12.8 Å². The summed E-state index contributed by atoms with van der Waals surface area (Å²) in [7, 11) is -3.79. The summed E-state index contributed by atoms with van der Waals surface area (Å²) >= 11 is 5.68. The SMILES string of the molecule is Cc1noc(CNC(=O)C2CCN(S(=O)(=O)c3ccc(F)c(Cl)c3)CC2)n1. The molecule has 27 heavy (non-hydrogen) atoms. The van der Waals surface area contributed by atoms with Gasteiger partial charge in [0.15, 0.2) is 5.82 Å². The van der Waals surface area contributed by atoms with Gasteiger partial charge in [-0.3, -0.25) is 4.79 Å². The van der Waals surface area contributed by atoms with Crippen molar-refractivity contribution in [3.63, 3.8) is 0 Å². The van der Waals surface area contributed by atoms with Gasteiger partial charge in [0.1, 0.15) is 5.82 Å². The number of aryl methyl sites for hydroxylation is 1. The first kappa shape index (κ1) is 19.7. The van der Waals surface area contributed by atoms with Gasteiger partial charge in [-0.1, -0.05) is 16.8 Å². The second-order valence-electron chi connectivity index (χ2n) is 6.21. The van der Waals surface area contributed by atoms with E-state index >= 15 is 0 Å². The second kappa shape index (κ2) is 7.91. The highest BCUT2D eigenvalue weighted by Gasteiger charge is 2.32. The molecule has 0 saturated carbocycles. The number of rotatable bonds is 5. The second-order valence-corrected chi connectivity index (χ2v) is 8.55. The van der Waals surface area contributed by atoms with Crippen molar-refractivity contribution < 1.29 is 22.1 Å². The molecule has 8 nitrogen and oxygen atoms in total. The number of halogens is 2. The Kier molecular flexibility index (Phi) is 5.78. The van der Waals surface area contributed by atoms with Crippen molar-refractivity contribution in [3.8, 4) is 0 Å². The first-order valence-electron chi connectivity index (χ1n) is 8.29. The van der Waals surface area contributed by atoms with E-state index in [-0.39, 0.29) is 41.4 Å². The number of aromatic nitrogens is 2. The molecule has 0 spiro atoms. The Labute approximate surface area is 160 Å². The number of hydrogen-bond donors (Lipinski definition) is 1.